The molecule has 1 aliphatic heterocycles. The first kappa shape index (κ1) is 14.5. The average Bonchev–Trinajstić information content (AvgIpc) is 2.72. The molecule has 4 nitrogen and oxygen atoms in total. The Balaban J connectivity index is 0.00000144. The molecular weight excluding hydrogens is 236 g/mol. The minimum Gasteiger partial charge on any atom is -0.330 e. The Morgan fingerprint density at radius 2 is 2.24 bits per heavy atom. The van der Waals surface area contributed by atoms with E-state index in [2.05, 4.69) is 30.0 Å². The average molecular weight is 259 g/mol. The van der Waals surface area contributed by atoms with E-state index >= 15 is 0 Å². The Labute approximate surface area is 110 Å². The Kier molecular flexibility index (Phi) is 4.98. The molecule has 98 valence electrons. The number of halogens is 1. The molecule has 1 aliphatic rings. The predicted molar refractivity (Wildman–Crippen MR) is 72.2 cm³/mol. The first-order valence-corrected chi connectivity index (χ1v) is 6.03. The summed E-state index contributed by atoms with van der Waals surface area (Å²) < 4.78 is 1.89. The van der Waals surface area contributed by atoms with E-state index in [0.717, 1.165) is 25.3 Å². The quantitative estimate of drug-likeness (QED) is 0.890. The van der Waals surface area contributed by atoms with Crippen molar-refractivity contribution < 1.29 is 0 Å². The Morgan fingerprint density at radius 1 is 1.53 bits per heavy atom. The third-order valence-corrected chi connectivity index (χ3v) is 3.61. The van der Waals surface area contributed by atoms with Gasteiger partial charge in [-0.15, -0.1) is 12.4 Å². The highest BCUT2D eigenvalue weighted by Crippen LogP contribution is 2.24. The van der Waals surface area contributed by atoms with E-state index in [4.69, 9.17) is 5.73 Å². The van der Waals surface area contributed by atoms with Crippen LogP contribution in [0.15, 0.2) is 6.20 Å². The van der Waals surface area contributed by atoms with E-state index in [1.165, 1.54) is 12.0 Å². The lowest BCUT2D eigenvalue weighted by Crippen LogP contribution is -2.27. The minimum atomic E-state index is 0. The van der Waals surface area contributed by atoms with Crippen LogP contribution in [0.3, 0.4) is 0 Å². The van der Waals surface area contributed by atoms with E-state index in [0.29, 0.717) is 12.0 Å². The molecule has 0 radical (unpaired) electrons. The molecular formula is C12H23ClN4. The van der Waals surface area contributed by atoms with Gasteiger partial charge in [0.25, 0.3) is 0 Å². The molecule has 1 aromatic rings. The van der Waals surface area contributed by atoms with E-state index in [1.807, 2.05) is 11.7 Å². The zero-order valence-electron chi connectivity index (χ0n) is 10.9. The molecule has 1 aromatic heterocycles. The molecule has 5 heteroatoms. The van der Waals surface area contributed by atoms with Gasteiger partial charge in [0.05, 0.1) is 5.69 Å². The van der Waals surface area contributed by atoms with Crippen LogP contribution in [-0.2, 0) is 13.6 Å². The fourth-order valence-electron chi connectivity index (χ4n) is 2.63. The fourth-order valence-corrected chi connectivity index (χ4v) is 2.63. The van der Waals surface area contributed by atoms with Crippen LogP contribution in [0.5, 0.6) is 0 Å². The normalized spacial score (nSPS) is 24.9. The molecule has 2 N–H and O–H groups in total. The number of aromatic nitrogens is 2. The van der Waals surface area contributed by atoms with Crippen molar-refractivity contribution in [2.24, 2.45) is 18.7 Å². The maximum absolute atomic E-state index is 5.74. The van der Waals surface area contributed by atoms with Crippen molar-refractivity contribution >= 4 is 12.4 Å². The lowest BCUT2D eigenvalue weighted by atomic mass is 10.1. The van der Waals surface area contributed by atoms with Crippen molar-refractivity contribution in [1.29, 1.82) is 0 Å². The maximum atomic E-state index is 5.74. The Bertz CT molecular complexity index is 363. The first-order chi connectivity index (χ1) is 7.60. The van der Waals surface area contributed by atoms with Gasteiger partial charge in [0.15, 0.2) is 0 Å². The topological polar surface area (TPSA) is 47.1 Å². The van der Waals surface area contributed by atoms with Crippen LogP contribution in [0, 0.1) is 12.8 Å². The second-order valence-corrected chi connectivity index (χ2v) is 5.03. The third kappa shape index (κ3) is 3.21. The van der Waals surface area contributed by atoms with Crippen molar-refractivity contribution in [2.75, 3.05) is 13.1 Å². The molecule has 0 aromatic carbocycles. The van der Waals surface area contributed by atoms with Crippen molar-refractivity contribution in [2.45, 2.75) is 32.9 Å². The summed E-state index contributed by atoms with van der Waals surface area (Å²) in [4.78, 5) is 2.52. The van der Waals surface area contributed by atoms with Crippen molar-refractivity contribution in [3.05, 3.63) is 17.5 Å². The number of rotatable bonds is 3. The van der Waals surface area contributed by atoms with Gasteiger partial charge in [-0.3, -0.25) is 9.58 Å². The van der Waals surface area contributed by atoms with Gasteiger partial charge in [0.1, 0.15) is 0 Å². The highest BCUT2D eigenvalue weighted by Gasteiger charge is 2.28. The molecule has 1 saturated heterocycles. The fraction of sp³-hybridized carbons (Fsp3) is 0.750. The Hall–Kier alpha value is -0.580. The highest BCUT2D eigenvalue weighted by atomic mass is 35.5. The molecule has 0 aliphatic carbocycles. The Morgan fingerprint density at radius 3 is 2.71 bits per heavy atom. The molecule has 1 fully saturated rings. The summed E-state index contributed by atoms with van der Waals surface area (Å²) in [6.45, 7) is 7.33. The summed E-state index contributed by atoms with van der Waals surface area (Å²) in [5.41, 5.74) is 8.23. The van der Waals surface area contributed by atoms with E-state index in [9.17, 15) is 0 Å². The standard InChI is InChI=1S/C12H22N4.ClH/c1-9-4-11(5-13)6-16(9)8-12-7-15(3)14-10(12)2;/h7,9,11H,4-6,8,13H2,1-3H3;1H. The summed E-state index contributed by atoms with van der Waals surface area (Å²) in [7, 11) is 1.98. The number of nitrogens with zero attached hydrogens (tertiary/aromatic N) is 3. The van der Waals surface area contributed by atoms with Crippen molar-refractivity contribution in [3.8, 4) is 0 Å². The second kappa shape index (κ2) is 5.85. The summed E-state index contributed by atoms with van der Waals surface area (Å²) in [5, 5.41) is 4.38. The van der Waals surface area contributed by atoms with Crippen LogP contribution in [0.25, 0.3) is 0 Å². The van der Waals surface area contributed by atoms with Gasteiger partial charge in [-0.1, -0.05) is 0 Å². The molecule has 17 heavy (non-hydrogen) atoms. The summed E-state index contributed by atoms with van der Waals surface area (Å²) in [6, 6.07) is 0.646. The van der Waals surface area contributed by atoms with Gasteiger partial charge in [0, 0.05) is 37.9 Å². The molecule has 2 atom stereocenters. The van der Waals surface area contributed by atoms with Gasteiger partial charge in [-0.2, -0.15) is 5.10 Å². The smallest absolute Gasteiger partial charge is 0.0638 e. The molecule has 0 saturated carbocycles. The number of nitrogens with two attached hydrogens (primary N) is 1. The molecule has 0 amide bonds. The van der Waals surface area contributed by atoms with Gasteiger partial charge in [0.2, 0.25) is 0 Å². The number of hydrogen-bond donors (Lipinski definition) is 1. The number of aryl methyl sites for hydroxylation is 2. The van der Waals surface area contributed by atoms with Crippen LogP contribution >= 0.6 is 12.4 Å². The van der Waals surface area contributed by atoms with Crippen molar-refractivity contribution in [3.63, 3.8) is 0 Å². The monoisotopic (exact) mass is 258 g/mol. The van der Waals surface area contributed by atoms with Crippen LogP contribution < -0.4 is 5.73 Å². The van der Waals surface area contributed by atoms with Gasteiger partial charge < -0.3 is 5.73 Å². The van der Waals surface area contributed by atoms with Gasteiger partial charge in [-0.05, 0) is 32.7 Å². The highest BCUT2D eigenvalue weighted by molar-refractivity contribution is 5.85. The maximum Gasteiger partial charge on any atom is 0.0638 e. The lowest BCUT2D eigenvalue weighted by molar-refractivity contribution is 0.255. The number of hydrogen-bond acceptors (Lipinski definition) is 3. The molecule has 2 heterocycles. The molecule has 0 spiro atoms. The van der Waals surface area contributed by atoms with E-state index in [1.54, 1.807) is 0 Å². The van der Waals surface area contributed by atoms with Gasteiger partial charge in [-0.25, -0.2) is 0 Å². The van der Waals surface area contributed by atoms with Gasteiger partial charge >= 0.3 is 0 Å². The molecule has 2 unspecified atom stereocenters. The van der Waals surface area contributed by atoms with Crippen LogP contribution in [0.1, 0.15) is 24.6 Å². The van der Waals surface area contributed by atoms with Crippen LogP contribution in [0.2, 0.25) is 0 Å². The summed E-state index contributed by atoms with van der Waals surface area (Å²) >= 11 is 0. The molecule has 0 bridgehead atoms. The predicted octanol–water partition coefficient (Wildman–Crippen LogP) is 1.32. The van der Waals surface area contributed by atoms with E-state index in [-0.39, 0.29) is 12.4 Å². The summed E-state index contributed by atoms with van der Waals surface area (Å²) in [5.74, 6) is 0.673. The summed E-state index contributed by atoms with van der Waals surface area (Å²) in [6.07, 6.45) is 3.35. The minimum absolute atomic E-state index is 0. The van der Waals surface area contributed by atoms with Crippen LogP contribution in [-0.4, -0.2) is 33.8 Å². The second-order valence-electron chi connectivity index (χ2n) is 5.03. The van der Waals surface area contributed by atoms with Crippen LogP contribution in [0.4, 0.5) is 0 Å². The SMILES string of the molecule is Cc1nn(C)cc1CN1CC(CN)CC1C.Cl. The first-order valence-electron chi connectivity index (χ1n) is 6.03. The molecule has 2 rings (SSSR count). The zero-order valence-corrected chi connectivity index (χ0v) is 11.7. The third-order valence-electron chi connectivity index (χ3n) is 3.61. The zero-order chi connectivity index (χ0) is 11.7. The van der Waals surface area contributed by atoms with E-state index < -0.39 is 0 Å². The largest absolute Gasteiger partial charge is 0.330 e. The lowest BCUT2D eigenvalue weighted by Gasteiger charge is -2.20. The van der Waals surface area contributed by atoms with Crippen molar-refractivity contribution in [1.82, 2.24) is 14.7 Å². The number of likely N-dealkylation sites (tertiary alicyclic amines) is 1.